The number of nitrogens with one attached hydrogen (secondary N) is 1. The van der Waals surface area contributed by atoms with Gasteiger partial charge in [-0.25, -0.2) is 9.95 Å². The number of hydrogen-bond donors (Lipinski definition) is 1. The number of rotatable bonds is 2. The lowest BCUT2D eigenvalue weighted by molar-refractivity contribution is 0.393. The van der Waals surface area contributed by atoms with Crippen LogP contribution >= 0.6 is 0 Å². The van der Waals surface area contributed by atoms with Gasteiger partial charge >= 0.3 is 5.63 Å². The van der Waals surface area contributed by atoms with Crippen LogP contribution in [0.5, 0.6) is 0 Å². The van der Waals surface area contributed by atoms with E-state index in [0.717, 1.165) is 22.4 Å². The molecule has 0 spiro atoms. The van der Waals surface area contributed by atoms with Crippen LogP contribution in [0.25, 0.3) is 22.9 Å². The first kappa shape index (κ1) is 12.6. The molecule has 0 unspecified atom stereocenters. The van der Waals surface area contributed by atoms with E-state index in [1.165, 1.54) is 0 Å². The Hall–Kier alpha value is -3.14. The van der Waals surface area contributed by atoms with Crippen LogP contribution < -0.4 is 5.63 Å². The van der Waals surface area contributed by atoms with Crippen molar-refractivity contribution >= 4 is 23.6 Å². The van der Waals surface area contributed by atoms with Crippen LogP contribution in [0.3, 0.4) is 0 Å². The summed E-state index contributed by atoms with van der Waals surface area (Å²) >= 11 is 0. The third-order valence-corrected chi connectivity index (χ3v) is 3.66. The highest BCUT2D eigenvalue weighted by atomic mass is 16.5. The lowest BCUT2D eigenvalue weighted by Gasteiger charge is -2.00. The number of aromatic amines is 1. The molecule has 106 valence electrons. The van der Waals surface area contributed by atoms with E-state index in [2.05, 4.69) is 10.1 Å². The van der Waals surface area contributed by atoms with E-state index in [-0.39, 0.29) is 5.63 Å². The van der Waals surface area contributed by atoms with E-state index in [1.54, 1.807) is 6.21 Å². The molecule has 0 atom stereocenters. The molecular weight excluding hydrogens is 276 g/mol. The molecule has 1 aliphatic rings. The van der Waals surface area contributed by atoms with Crippen LogP contribution in [0.2, 0.25) is 0 Å². The number of aliphatic imine (C=N–C) groups is 1. The van der Waals surface area contributed by atoms with Gasteiger partial charge < -0.3 is 4.52 Å². The Morgan fingerprint density at radius 1 is 1.00 bits per heavy atom. The topological polar surface area (TPSA) is 58.4 Å². The maximum Gasteiger partial charge on any atom is 0.365 e. The second-order valence-electron chi connectivity index (χ2n) is 5.02. The molecule has 4 heteroatoms. The van der Waals surface area contributed by atoms with Crippen LogP contribution in [-0.4, -0.2) is 11.4 Å². The quantitative estimate of drug-likeness (QED) is 0.777. The first-order valence-electron chi connectivity index (χ1n) is 6.95. The summed E-state index contributed by atoms with van der Waals surface area (Å²) < 4.78 is 4.98. The van der Waals surface area contributed by atoms with Gasteiger partial charge in [-0.2, -0.15) is 0 Å². The van der Waals surface area contributed by atoms with Crippen molar-refractivity contribution in [1.29, 1.82) is 0 Å². The van der Waals surface area contributed by atoms with Crippen LogP contribution in [0.4, 0.5) is 5.69 Å². The zero-order valence-corrected chi connectivity index (χ0v) is 11.6. The van der Waals surface area contributed by atoms with Crippen molar-refractivity contribution in [1.82, 2.24) is 5.16 Å². The highest BCUT2D eigenvalue weighted by Crippen LogP contribution is 2.33. The predicted octanol–water partition coefficient (Wildman–Crippen LogP) is 3.89. The van der Waals surface area contributed by atoms with Crippen molar-refractivity contribution in [3.05, 3.63) is 76.1 Å². The lowest BCUT2D eigenvalue weighted by Crippen LogP contribution is -1.97. The molecule has 0 saturated heterocycles. The molecule has 2 aromatic carbocycles. The third-order valence-electron chi connectivity index (χ3n) is 3.66. The van der Waals surface area contributed by atoms with Crippen LogP contribution in [0.1, 0.15) is 11.1 Å². The minimum atomic E-state index is -0.385. The van der Waals surface area contributed by atoms with Gasteiger partial charge in [0.05, 0.1) is 16.9 Å². The largest absolute Gasteiger partial charge is 0.365 e. The summed E-state index contributed by atoms with van der Waals surface area (Å²) in [5.74, 6) is 0. The summed E-state index contributed by atoms with van der Waals surface area (Å²) in [5, 5.41) is 2.71. The molecule has 0 amide bonds. The molecule has 4 nitrogen and oxygen atoms in total. The summed E-state index contributed by atoms with van der Waals surface area (Å²) in [6.07, 6.45) is 3.59. The van der Waals surface area contributed by atoms with Crippen molar-refractivity contribution in [2.45, 2.75) is 0 Å². The lowest BCUT2D eigenvalue weighted by atomic mass is 10.0. The normalized spacial score (nSPS) is 14.5. The standard InChI is InChI=1S/C18H12N2O2/c21-18-15(17(20-22-18)12-6-2-1-3-7-12)10-13-11-19-16-9-5-4-8-14(13)16/h1-11,20H/b13-10+. The van der Waals surface area contributed by atoms with E-state index in [0.29, 0.717) is 11.3 Å². The predicted molar refractivity (Wildman–Crippen MR) is 87.2 cm³/mol. The van der Waals surface area contributed by atoms with Gasteiger partial charge in [-0.15, -0.1) is 0 Å². The van der Waals surface area contributed by atoms with Crippen molar-refractivity contribution in [3.63, 3.8) is 0 Å². The minimum Gasteiger partial charge on any atom is -0.338 e. The fraction of sp³-hybridized carbons (Fsp3) is 0. The van der Waals surface area contributed by atoms with E-state index < -0.39 is 0 Å². The zero-order valence-electron chi connectivity index (χ0n) is 11.6. The Morgan fingerprint density at radius 2 is 1.77 bits per heavy atom. The van der Waals surface area contributed by atoms with Gasteiger partial charge in [0, 0.05) is 22.9 Å². The van der Waals surface area contributed by atoms with Crippen LogP contribution in [0, 0.1) is 0 Å². The van der Waals surface area contributed by atoms with Crippen LogP contribution in [-0.2, 0) is 0 Å². The molecule has 0 bridgehead atoms. The number of benzene rings is 2. The molecule has 4 rings (SSSR count). The Bertz CT molecular complexity index is 946. The average molecular weight is 288 g/mol. The molecular formula is C18H12N2O2. The fourth-order valence-corrected chi connectivity index (χ4v) is 2.57. The highest BCUT2D eigenvalue weighted by Gasteiger charge is 2.16. The van der Waals surface area contributed by atoms with Crippen molar-refractivity contribution in [3.8, 4) is 11.3 Å². The van der Waals surface area contributed by atoms with Gasteiger partial charge in [0.25, 0.3) is 0 Å². The Kier molecular flexibility index (Phi) is 2.86. The molecule has 0 aliphatic carbocycles. The molecule has 3 aromatic rings. The molecule has 0 saturated carbocycles. The van der Waals surface area contributed by atoms with Gasteiger partial charge in [-0.3, -0.25) is 4.99 Å². The van der Waals surface area contributed by atoms with Gasteiger partial charge in [0.2, 0.25) is 0 Å². The number of hydrogen-bond acceptors (Lipinski definition) is 3. The number of H-pyrrole nitrogens is 1. The molecule has 1 N–H and O–H groups in total. The summed E-state index contributed by atoms with van der Waals surface area (Å²) in [6, 6.07) is 17.5. The van der Waals surface area contributed by atoms with Crippen molar-refractivity contribution in [2.24, 2.45) is 4.99 Å². The zero-order chi connectivity index (χ0) is 14.9. The molecule has 22 heavy (non-hydrogen) atoms. The van der Waals surface area contributed by atoms with E-state index in [9.17, 15) is 4.79 Å². The number of nitrogens with zero attached hydrogens (tertiary/aromatic N) is 1. The first-order chi connectivity index (χ1) is 10.8. The van der Waals surface area contributed by atoms with Gasteiger partial charge in [0.15, 0.2) is 0 Å². The van der Waals surface area contributed by atoms with Gasteiger partial charge in [-0.05, 0) is 12.1 Å². The van der Waals surface area contributed by atoms with Crippen molar-refractivity contribution in [2.75, 3.05) is 0 Å². The van der Waals surface area contributed by atoms with Crippen LogP contribution in [0.15, 0.2) is 68.9 Å². The Balaban J connectivity index is 1.86. The maximum absolute atomic E-state index is 12.0. The van der Waals surface area contributed by atoms with Gasteiger partial charge in [0.1, 0.15) is 0 Å². The molecule has 1 aliphatic heterocycles. The Morgan fingerprint density at radius 3 is 2.64 bits per heavy atom. The van der Waals surface area contributed by atoms with E-state index in [4.69, 9.17) is 4.52 Å². The Labute approximate surface area is 126 Å². The summed E-state index contributed by atoms with van der Waals surface area (Å²) in [4.78, 5) is 16.4. The van der Waals surface area contributed by atoms with E-state index in [1.807, 2.05) is 60.7 Å². The monoisotopic (exact) mass is 288 g/mol. The minimum absolute atomic E-state index is 0.385. The fourth-order valence-electron chi connectivity index (χ4n) is 2.57. The first-order valence-corrected chi connectivity index (χ1v) is 6.95. The SMILES string of the molecule is O=c1o[nH]c(-c2ccccc2)c1/C=C1\C=Nc2ccccc21. The number of para-hydroxylation sites is 1. The van der Waals surface area contributed by atoms with Crippen molar-refractivity contribution < 1.29 is 4.52 Å². The second kappa shape index (κ2) is 5.00. The summed E-state index contributed by atoms with van der Waals surface area (Å²) in [5.41, 5.74) is 4.53. The molecule has 0 fully saturated rings. The molecule has 1 aromatic heterocycles. The van der Waals surface area contributed by atoms with E-state index >= 15 is 0 Å². The number of allylic oxidation sites excluding steroid dienone is 1. The summed E-state index contributed by atoms with van der Waals surface area (Å²) in [6.45, 7) is 0. The number of aromatic nitrogens is 1. The second-order valence-corrected chi connectivity index (χ2v) is 5.02. The smallest absolute Gasteiger partial charge is 0.338 e. The average Bonchev–Trinajstić information content (AvgIpc) is 3.14. The molecule has 2 heterocycles. The third kappa shape index (κ3) is 2.02. The maximum atomic E-state index is 12.0. The summed E-state index contributed by atoms with van der Waals surface area (Å²) in [7, 11) is 0. The highest BCUT2D eigenvalue weighted by molar-refractivity contribution is 6.21. The molecule has 0 radical (unpaired) electrons. The number of fused-ring (bicyclic) bond motifs is 1. The van der Waals surface area contributed by atoms with Gasteiger partial charge in [-0.1, -0.05) is 48.5 Å².